The summed E-state index contributed by atoms with van der Waals surface area (Å²) in [5.74, 6) is -2.88. The molecule has 0 saturated carbocycles. The first kappa shape index (κ1) is 14.4. The van der Waals surface area contributed by atoms with Crippen LogP contribution in [0.2, 0.25) is 0 Å². The molecule has 0 saturated heterocycles. The fraction of sp³-hybridized carbons (Fsp3) is 0.0833. The predicted octanol–water partition coefficient (Wildman–Crippen LogP) is 0.964. The van der Waals surface area contributed by atoms with E-state index in [1.807, 2.05) is 0 Å². The number of rotatable bonds is 4. The van der Waals surface area contributed by atoms with Gasteiger partial charge in [-0.1, -0.05) is 17.3 Å². The molecule has 2 rings (SSSR count). The van der Waals surface area contributed by atoms with E-state index in [4.69, 9.17) is 10.9 Å². The van der Waals surface area contributed by atoms with Gasteiger partial charge in [0, 0.05) is 5.56 Å². The Hall–Kier alpha value is -2.97. The monoisotopic (exact) mass is 295 g/mol. The first-order chi connectivity index (χ1) is 10.0. The summed E-state index contributed by atoms with van der Waals surface area (Å²) in [6.45, 7) is 0. The number of aromatic amines is 1. The zero-order valence-corrected chi connectivity index (χ0v) is 10.6. The number of amidine groups is 1. The second-order valence-electron chi connectivity index (χ2n) is 4.08. The van der Waals surface area contributed by atoms with Gasteiger partial charge in [0.1, 0.15) is 5.82 Å². The first-order valence-corrected chi connectivity index (χ1v) is 5.77. The van der Waals surface area contributed by atoms with Gasteiger partial charge in [0.05, 0.1) is 18.2 Å². The molecule has 1 aromatic carbocycles. The maximum atomic E-state index is 13.5. The molecule has 2 aromatic rings. The van der Waals surface area contributed by atoms with E-state index in [0.29, 0.717) is 0 Å². The molecular formula is C12H11F2N5O2. The molecule has 21 heavy (non-hydrogen) atoms. The van der Waals surface area contributed by atoms with Crippen molar-refractivity contribution in [2.45, 2.75) is 6.42 Å². The van der Waals surface area contributed by atoms with Gasteiger partial charge >= 0.3 is 0 Å². The fourth-order valence-electron chi connectivity index (χ4n) is 1.67. The molecule has 7 nitrogen and oxygen atoms in total. The van der Waals surface area contributed by atoms with E-state index in [9.17, 15) is 13.6 Å². The molecule has 0 atom stereocenters. The number of nitrogens with one attached hydrogen (secondary N) is 2. The van der Waals surface area contributed by atoms with Crippen molar-refractivity contribution in [1.29, 1.82) is 0 Å². The van der Waals surface area contributed by atoms with Gasteiger partial charge in [-0.05, 0) is 6.07 Å². The average Bonchev–Trinajstić information content (AvgIpc) is 2.91. The molecule has 110 valence electrons. The van der Waals surface area contributed by atoms with Gasteiger partial charge in [-0.15, -0.1) is 0 Å². The molecule has 0 unspecified atom stereocenters. The lowest BCUT2D eigenvalue weighted by Gasteiger charge is -2.06. The van der Waals surface area contributed by atoms with Crippen LogP contribution in [0, 0.1) is 11.6 Å². The lowest BCUT2D eigenvalue weighted by atomic mass is 10.1. The third-order valence-electron chi connectivity index (χ3n) is 2.67. The van der Waals surface area contributed by atoms with Crippen molar-refractivity contribution in [1.82, 2.24) is 10.2 Å². The van der Waals surface area contributed by atoms with Crippen LogP contribution < -0.4 is 11.1 Å². The number of carbonyl (C=O) groups is 1. The minimum atomic E-state index is -1.08. The summed E-state index contributed by atoms with van der Waals surface area (Å²) in [6.07, 6.45) is 0.867. The van der Waals surface area contributed by atoms with Crippen LogP contribution in [-0.4, -0.2) is 27.1 Å². The lowest BCUT2D eigenvalue weighted by molar-refractivity contribution is -0.115. The van der Waals surface area contributed by atoms with Gasteiger partial charge in [-0.2, -0.15) is 5.10 Å². The normalized spacial score (nSPS) is 11.4. The molecule has 0 aliphatic rings. The Labute approximate surface area is 117 Å². The number of oxime groups is 1. The van der Waals surface area contributed by atoms with Gasteiger partial charge in [0.15, 0.2) is 17.5 Å². The Morgan fingerprint density at radius 1 is 1.48 bits per heavy atom. The molecule has 1 amide bonds. The van der Waals surface area contributed by atoms with Gasteiger partial charge in [-0.25, -0.2) is 8.78 Å². The number of benzene rings is 1. The van der Waals surface area contributed by atoms with E-state index in [1.165, 1.54) is 18.3 Å². The molecule has 1 heterocycles. The molecule has 1 aromatic heterocycles. The van der Waals surface area contributed by atoms with Gasteiger partial charge in [-0.3, -0.25) is 9.89 Å². The van der Waals surface area contributed by atoms with E-state index in [2.05, 4.69) is 20.7 Å². The number of H-pyrrole nitrogens is 1. The molecule has 0 spiro atoms. The maximum Gasteiger partial charge on any atom is 0.230 e. The summed E-state index contributed by atoms with van der Waals surface area (Å²) in [5, 5.41) is 19.8. The molecule has 5 N–H and O–H groups in total. The summed E-state index contributed by atoms with van der Waals surface area (Å²) in [6, 6.07) is 3.57. The van der Waals surface area contributed by atoms with Crippen LogP contribution in [0.15, 0.2) is 29.6 Å². The SMILES string of the molecule is N/C(=N/O)c1cn[nH]c1NC(=O)Cc1cccc(F)c1F. The number of anilines is 1. The van der Waals surface area contributed by atoms with E-state index in [-0.39, 0.29) is 29.2 Å². The highest BCUT2D eigenvalue weighted by molar-refractivity contribution is 6.04. The standard InChI is InChI=1S/C12H11F2N5O2/c13-8-3-1-2-6(10(8)14)4-9(20)17-12-7(5-16-18-12)11(15)19-21/h1-3,5,21H,4H2,(H2,15,19)(H2,16,17,18,20). The molecule has 0 radical (unpaired) electrons. The Morgan fingerprint density at radius 3 is 2.95 bits per heavy atom. The van der Waals surface area contributed by atoms with Crippen LogP contribution in [0.3, 0.4) is 0 Å². The number of hydrogen-bond donors (Lipinski definition) is 4. The number of amides is 1. The van der Waals surface area contributed by atoms with Gasteiger partial charge in [0.25, 0.3) is 0 Å². The molecule has 0 aliphatic carbocycles. The Balaban J connectivity index is 2.13. The first-order valence-electron chi connectivity index (χ1n) is 5.77. The smallest absolute Gasteiger partial charge is 0.230 e. The fourth-order valence-corrected chi connectivity index (χ4v) is 1.67. The van der Waals surface area contributed by atoms with Crippen molar-refractivity contribution in [3.63, 3.8) is 0 Å². The number of nitrogens with two attached hydrogens (primary N) is 1. The van der Waals surface area contributed by atoms with Crippen LogP contribution >= 0.6 is 0 Å². The third kappa shape index (κ3) is 3.14. The van der Waals surface area contributed by atoms with E-state index < -0.39 is 17.5 Å². The minimum absolute atomic E-state index is 0.0858. The number of aromatic nitrogens is 2. The van der Waals surface area contributed by atoms with Crippen LogP contribution in [0.4, 0.5) is 14.6 Å². The Morgan fingerprint density at radius 2 is 2.24 bits per heavy atom. The topological polar surface area (TPSA) is 116 Å². The van der Waals surface area contributed by atoms with Crippen LogP contribution in [0.5, 0.6) is 0 Å². The van der Waals surface area contributed by atoms with Crippen molar-refractivity contribution in [3.05, 3.63) is 47.2 Å². The van der Waals surface area contributed by atoms with Gasteiger partial charge < -0.3 is 16.3 Å². The van der Waals surface area contributed by atoms with Crippen molar-refractivity contribution in [2.75, 3.05) is 5.32 Å². The van der Waals surface area contributed by atoms with E-state index >= 15 is 0 Å². The highest BCUT2D eigenvalue weighted by atomic mass is 19.2. The van der Waals surface area contributed by atoms with Crippen molar-refractivity contribution < 1.29 is 18.8 Å². The predicted molar refractivity (Wildman–Crippen MR) is 69.8 cm³/mol. The van der Waals surface area contributed by atoms with E-state index in [1.54, 1.807) is 0 Å². The highest BCUT2D eigenvalue weighted by Gasteiger charge is 2.15. The molecule has 0 aliphatic heterocycles. The summed E-state index contributed by atoms with van der Waals surface area (Å²) in [7, 11) is 0. The zero-order chi connectivity index (χ0) is 15.4. The van der Waals surface area contributed by atoms with Crippen LogP contribution in [0.25, 0.3) is 0 Å². The Bertz CT molecular complexity index is 699. The number of hydrogen-bond acceptors (Lipinski definition) is 4. The summed E-state index contributed by atoms with van der Waals surface area (Å²) in [4.78, 5) is 11.8. The number of halogens is 2. The van der Waals surface area contributed by atoms with E-state index in [0.717, 1.165) is 6.07 Å². The van der Waals surface area contributed by atoms with Crippen molar-refractivity contribution in [2.24, 2.45) is 10.9 Å². The molecule has 9 heteroatoms. The second kappa shape index (κ2) is 5.99. The number of nitrogens with zero attached hydrogens (tertiary/aromatic N) is 2. The third-order valence-corrected chi connectivity index (χ3v) is 2.67. The molecule has 0 bridgehead atoms. The summed E-state index contributed by atoms with van der Waals surface area (Å²) < 4.78 is 26.5. The quantitative estimate of drug-likeness (QED) is 0.291. The van der Waals surface area contributed by atoms with Crippen LogP contribution in [0.1, 0.15) is 11.1 Å². The van der Waals surface area contributed by atoms with Crippen LogP contribution in [-0.2, 0) is 11.2 Å². The Kier molecular flexibility index (Phi) is 4.12. The molecule has 0 fully saturated rings. The number of carbonyl (C=O) groups excluding carboxylic acids is 1. The largest absolute Gasteiger partial charge is 0.409 e. The van der Waals surface area contributed by atoms with Crippen molar-refractivity contribution in [3.8, 4) is 0 Å². The molecular weight excluding hydrogens is 284 g/mol. The highest BCUT2D eigenvalue weighted by Crippen LogP contribution is 2.14. The summed E-state index contributed by atoms with van der Waals surface area (Å²) >= 11 is 0. The minimum Gasteiger partial charge on any atom is -0.409 e. The van der Waals surface area contributed by atoms with Gasteiger partial charge in [0.2, 0.25) is 5.91 Å². The summed E-state index contributed by atoms with van der Waals surface area (Å²) in [5.41, 5.74) is 5.48. The average molecular weight is 295 g/mol. The van der Waals surface area contributed by atoms with Crippen molar-refractivity contribution >= 4 is 17.6 Å². The second-order valence-corrected chi connectivity index (χ2v) is 4.08. The lowest BCUT2D eigenvalue weighted by Crippen LogP contribution is -2.20. The zero-order valence-electron chi connectivity index (χ0n) is 10.6. The maximum absolute atomic E-state index is 13.5.